The Kier molecular flexibility index (Phi) is 9.68. The molecule has 204 valence electrons. The molecule has 1 unspecified atom stereocenters. The number of unbranched alkanes of at least 4 members (excludes halogenated alkanes) is 1. The Morgan fingerprint density at radius 2 is 1.45 bits per heavy atom. The molecule has 3 aromatic rings. The van der Waals surface area contributed by atoms with Crippen LogP contribution < -0.4 is 4.74 Å². The first kappa shape index (κ1) is 28.4. The van der Waals surface area contributed by atoms with Crippen molar-refractivity contribution in [3.63, 3.8) is 0 Å². The highest BCUT2D eigenvalue weighted by molar-refractivity contribution is 5.84. The first-order valence-corrected chi connectivity index (χ1v) is 14.8. The first-order chi connectivity index (χ1) is 18.6. The maximum Gasteiger partial charge on any atom is 0.125 e. The van der Waals surface area contributed by atoms with Gasteiger partial charge in [0.25, 0.3) is 0 Å². The normalized spacial score (nSPS) is 14.3. The number of aliphatic hydroxyl groups excluding tert-OH is 2. The van der Waals surface area contributed by atoms with E-state index in [0.717, 1.165) is 60.8 Å². The lowest BCUT2D eigenvalue weighted by Gasteiger charge is -2.32. The van der Waals surface area contributed by atoms with E-state index < -0.39 is 0 Å². The topological polar surface area (TPSA) is 49.7 Å². The van der Waals surface area contributed by atoms with Gasteiger partial charge in [0.05, 0.1) is 19.8 Å². The summed E-state index contributed by atoms with van der Waals surface area (Å²) in [5.41, 5.74) is 9.23. The lowest BCUT2D eigenvalue weighted by molar-refractivity contribution is 0.220. The molecule has 0 saturated heterocycles. The van der Waals surface area contributed by atoms with Crippen molar-refractivity contribution in [2.75, 3.05) is 6.61 Å². The summed E-state index contributed by atoms with van der Waals surface area (Å²) in [5, 5.41) is 20.7. The van der Waals surface area contributed by atoms with Crippen LogP contribution >= 0.6 is 0 Å². The van der Waals surface area contributed by atoms with E-state index in [0.29, 0.717) is 18.3 Å². The summed E-state index contributed by atoms with van der Waals surface area (Å²) < 4.78 is 6.25. The predicted molar refractivity (Wildman–Crippen MR) is 159 cm³/mol. The van der Waals surface area contributed by atoms with Crippen molar-refractivity contribution in [1.82, 2.24) is 0 Å². The predicted octanol–water partition coefficient (Wildman–Crippen LogP) is 8.80. The van der Waals surface area contributed by atoms with Crippen LogP contribution in [0.15, 0.2) is 54.6 Å². The number of aliphatic hydroxyl groups is 2. The average Bonchev–Trinajstić information content (AvgIpc) is 3.22. The molecule has 0 spiro atoms. The molecule has 3 nitrogen and oxygen atoms in total. The highest BCUT2D eigenvalue weighted by atomic mass is 16.5. The van der Waals surface area contributed by atoms with E-state index in [1.807, 2.05) is 12.1 Å². The van der Waals surface area contributed by atoms with Crippen LogP contribution in [-0.4, -0.2) is 16.8 Å². The molecule has 1 aliphatic carbocycles. The lowest BCUT2D eigenvalue weighted by atomic mass is 9.71. The van der Waals surface area contributed by atoms with Crippen molar-refractivity contribution >= 4 is 0 Å². The zero-order chi connectivity index (χ0) is 27.1. The smallest absolute Gasteiger partial charge is 0.125 e. The summed E-state index contributed by atoms with van der Waals surface area (Å²) in [4.78, 5) is 0. The van der Waals surface area contributed by atoms with Crippen molar-refractivity contribution in [2.24, 2.45) is 5.92 Å². The van der Waals surface area contributed by atoms with Gasteiger partial charge in [-0.3, -0.25) is 0 Å². The van der Waals surface area contributed by atoms with Crippen LogP contribution in [0.5, 0.6) is 5.75 Å². The zero-order valence-electron chi connectivity index (χ0n) is 23.9. The second-order valence-electron chi connectivity index (χ2n) is 11.0. The molecule has 3 aromatic carbocycles. The highest BCUT2D eigenvalue weighted by Gasteiger charge is 2.41. The molecule has 3 heteroatoms. The zero-order valence-corrected chi connectivity index (χ0v) is 23.9. The number of ether oxygens (including phenoxy) is 1. The summed E-state index contributed by atoms with van der Waals surface area (Å²) in [6, 6.07) is 19.7. The minimum Gasteiger partial charge on any atom is -0.493 e. The molecule has 0 heterocycles. The molecule has 1 atom stereocenters. The van der Waals surface area contributed by atoms with Gasteiger partial charge >= 0.3 is 0 Å². The summed E-state index contributed by atoms with van der Waals surface area (Å²) in [7, 11) is 0. The molecule has 0 aliphatic heterocycles. The van der Waals surface area contributed by atoms with Gasteiger partial charge in [-0.2, -0.15) is 0 Å². The van der Waals surface area contributed by atoms with Gasteiger partial charge in [0.15, 0.2) is 0 Å². The van der Waals surface area contributed by atoms with Gasteiger partial charge in [-0.25, -0.2) is 0 Å². The van der Waals surface area contributed by atoms with Gasteiger partial charge in [0, 0.05) is 11.0 Å². The minimum atomic E-state index is -0.0915. The third-order valence-electron chi connectivity index (χ3n) is 8.58. The van der Waals surface area contributed by atoms with E-state index in [9.17, 15) is 10.2 Å². The van der Waals surface area contributed by atoms with Gasteiger partial charge in [0.1, 0.15) is 5.75 Å². The number of hydrogen-bond acceptors (Lipinski definition) is 3. The Labute approximate surface area is 229 Å². The first-order valence-electron chi connectivity index (χ1n) is 14.8. The van der Waals surface area contributed by atoms with Crippen LogP contribution in [0.1, 0.15) is 101 Å². The molecule has 1 aliphatic rings. The molecule has 0 aromatic heterocycles. The second-order valence-corrected chi connectivity index (χ2v) is 11.0. The molecular weight excluding hydrogens is 468 g/mol. The van der Waals surface area contributed by atoms with Gasteiger partial charge in [0.2, 0.25) is 0 Å². The fraction of sp³-hybridized carbons (Fsp3) is 0.486. The molecular formula is C35H46O3. The van der Waals surface area contributed by atoms with E-state index in [4.69, 9.17) is 4.74 Å². The summed E-state index contributed by atoms with van der Waals surface area (Å²) >= 11 is 0. The Bertz CT molecular complexity index is 1210. The molecule has 0 saturated carbocycles. The van der Waals surface area contributed by atoms with E-state index in [2.05, 4.69) is 70.2 Å². The fourth-order valence-corrected chi connectivity index (χ4v) is 6.57. The van der Waals surface area contributed by atoms with Crippen molar-refractivity contribution in [2.45, 2.75) is 97.7 Å². The van der Waals surface area contributed by atoms with Gasteiger partial charge in [-0.15, -0.1) is 0 Å². The third kappa shape index (κ3) is 5.42. The Balaban J connectivity index is 1.75. The van der Waals surface area contributed by atoms with Crippen LogP contribution in [0.2, 0.25) is 0 Å². The van der Waals surface area contributed by atoms with Gasteiger partial charge in [-0.05, 0) is 82.3 Å². The largest absolute Gasteiger partial charge is 0.493 e. The minimum absolute atomic E-state index is 0.0152. The molecule has 0 fully saturated rings. The van der Waals surface area contributed by atoms with E-state index in [1.165, 1.54) is 35.1 Å². The fourth-order valence-electron chi connectivity index (χ4n) is 6.57. The molecule has 0 radical (unpaired) electrons. The number of benzene rings is 3. The highest BCUT2D eigenvalue weighted by Crippen LogP contribution is 2.54. The van der Waals surface area contributed by atoms with Crippen molar-refractivity contribution in [3.05, 3.63) is 76.9 Å². The Morgan fingerprint density at radius 3 is 2.11 bits per heavy atom. The summed E-state index contributed by atoms with van der Waals surface area (Å²) in [6.07, 6.45) is 9.10. The molecule has 38 heavy (non-hydrogen) atoms. The Morgan fingerprint density at radius 1 is 0.737 bits per heavy atom. The van der Waals surface area contributed by atoms with Crippen molar-refractivity contribution in [1.29, 1.82) is 0 Å². The van der Waals surface area contributed by atoms with Gasteiger partial charge < -0.3 is 14.9 Å². The summed E-state index contributed by atoms with van der Waals surface area (Å²) in [6.45, 7) is 9.47. The maximum absolute atomic E-state index is 10.4. The standard InChI is InChI=1S/C35H46O3/c1-5-9-12-25(8-4)24-38-34-21-27(22-36)31(19-28(34)23-37)26-15-16-30-29-13-10-11-14-32(29)35(17-6-2,18-7-3)33(30)20-26/h10-11,13-16,19-21,25,36-37H,5-9,12,17-18,22-24H2,1-4H3. The molecule has 4 rings (SSSR count). The van der Waals surface area contributed by atoms with Crippen LogP contribution in [-0.2, 0) is 18.6 Å². The lowest BCUT2D eigenvalue weighted by Crippen LogP contribution is -2.25. The quantitative estimate of drug-likeness (QED) is 0.226. The van der Waals surface area contributed by atoms with Crippen molar-refractivity contribution < 1.29 is 14.9 Å². The van der Waals surface area contributed by atoms with Gasteiger partial charge in [-0.1, -0.05) is 96.2 Å². The second kappa shape index (κ2) is 13.0. The van der Waals surface area contributed by atoms with Crippen LogP contribution in [0.4, 0.5) is 0 Å². The van der Waals surface area contributed by atoms with Crippen molar-refractivity contribution in [3.8, 4) is 28.0 Å². The van der Waals surface area contributed by atoms with Crippen LogP contribution in [0.3, 0.4) is 0 Å². The van der Waals surface area contributed by atoms with E-state index in [1.54, 1.807) is 0 Å². The molecule has 2 N–H and O–H groups in total. The maximum atomic E-state index is 10.4. The number of rotatable bonds is 14. The summed E-state index contributed by atoms with van der Waals surface area (Å²) in [5.74, 6) is 1.19. The van der Waals surface area contributed by atoms with E-state index in [-0.39, 0.29) is 18.6 Å². The SMILES string of the molecule is CCCCC(CC)COc1cc(CO)c(-c2ccc3c(c2)C(CCC)(CCC)c2ccccc2-3)cc1CO. The monoisotopic (exact) mass is 514 g/mol. The van der Waals surface area contributed by atoms with Crippen LogP contribution in [0.25, 0.3) is 22.3 Å². The van der Waals surface area contributed by atoms with Crippen LogP contribution in [0, 0.1) is 5.92 Å². The molecule has 0 bridgehead atoms. The molecule has 0 amide bonds. The number of fused-ring (bicyclic) bond motifs is 3. The Hall–Kier alpha value is -2.62. The van der Waals surface area contributed by atoms with E-state index >= 15 is 0 Å². The average molecular weight is 515 g/mol. The number of hydrogen-bond donors (Lipinski definition) is 2. The third-order valence-corrected chi connectivity index (χ3v) is 8.58.